The highest BCUT2D eigenvalue weighted by atomic mass is 32.3. The lowest BCUT2D eigenvalue weighted by Crippen LogP contribution is -2.44. The standard InChI is InChI=1S/C24H32FN3O4S/c1-32-15-16-5-7-17(8-6-16)22(27-24(31)28-12-11-19(29)14-28)23(30)26-18-9-10-21(20(25)13-18)33(2,3)4/h5-10,13,19,22,29H,11-12,14-15H2,1-4H3,(H,26,30)(H,27,31)/t19-,22+/m0/s1. The molecule has 1 fully saturated rings. The van der Waals surface area contributed by atoms with Crippen molar-refractivity contribution in [3.63, 3.8) is 0 Å². The van der Waals surface area contributed by atoms with Gasteiger partial charge in [0.15, 0.2) is 0 Å². The number of methoxy groups -OCH3 is 1. The van der Waals surface area contributed by atoms with Crippen LogP contribution in [0.1, 0.15) is 23.6 Å². The molecule has 3 N–H and O–H groups in total. The van der Waals surface area contributed by atoms with E-state index < -0.39 is 34.1 Å². The van der Waals surface area contributed by atoms with E-state index in [1.807, 2.05) is 30.9 Å². The van der Waals surface area contributed by atoms with Crippen LogP contribution in [0.5, 0.6) is 0 Å². The van der Waals surface area contributed by atoms with Crippen LogP contribution in [-0.2, 0) is 16.1 Å². The molecule has 0 radical (unpaired) electrons. The summed E-state index contributed by atoms with van der Waals surface area (Å²) in [6.45, 7) is 1.06. The van der Waals surface area contributed by atoms with E-state index in [1.165, 1.54) is 11.0 Å². The van der Waals surface area contributed by atoms with Gasteiger partial charge in [-0.05, 0) is 54.5 Å². The molecule has 0 aliphatic carbocycles. The Kier molecular flexibility index (Phi) is 7.99. The third-order valence-electron chi connectivity index (χ3n) is 5.46. The fourth-order valence-electron chi connectivity index (χ4n) is 3.70. The maximum Gasteiger partial charge on any atom is 0.318 e. The van der Waals surface area contributed by atoms with Gasteiger partial charge in [-0.25, -0.2) is 19.2 Å². The molecule has 2 aromatic carbocycles. The number of benzene rings is 2. The first-order chi connectivity index (χ1) is 15.6. The van der Waals surface area contributed by atoms with E-state index in [9.17, 15) is 19.1 Å². The molecule has 2 atom stereocenters. The number of rotatable bonds is 7. The molecule has 0 saturated carbocycles. The van der Waals surface area contributed by atoms with Crippen LogP contribution in [0.25, 0.3) is 0 Å². The number of aliphatic hydroxyl groups is 1. The Morgan fingerprint density at radius 2 is 1.91 bits per heavy atom. The molecule has 2 aromatic rings. The zero-order valence-corrected chi connectivity index (χ0v) is 20.2. The maximum absolute atomic E-state index is 14.6. The first-order valence-electron chi connectivity index (χ1n) is 10.7. The van der Waals surface area contributed by atoms with Gasteiger partial charge in [-0.1, -0.05) is 24.3 Å². The molecule has 1 aliphatic heterocycles. The van der Waals surface area contributed by atoms with Gasteiger partial charge in [-0.2, -0.15) is 0 Å². The molecule has 7 nitrogen and oxygen atoms in total. The van der Waals surface area contributed by atoms with E-state index in [-0.39, 0.29) is 12.4 Å². The minimum atomic E-state index is -1.26. The van der Waals surface area contributed by atoms with Crippen LogP contribution in [-0.4, -0.2) is 67.0 Å². The summed E-state index contributed by atoms with van der Waals surface area (Å²) >= 11 is 0. The molecular formula is C24H32FN3O4S. The van der Waals surface area contributed by atoms with Crippen molar-refractivity contribution in [2.45, 2.75) is 30.1 Å². The summed E-state index contributed by atoms with van der Waals surface area (Å²) in [6.07, 6.45) is 5.92. The van der Waals surface area contributed by atoms with Gasteiger partial charge >= 0.3 is 6.03 Å². The Morgan fingerprint density at radius 1 is 1.21 bits per heavy atom. The topological polar surface area (TPSA) is 90.9 Å². The van der Waals surface area contributed by atoms with Crippen molar-refractivity contribution < 1.29 is 23.8 Å². The average Bonchev–Trinajstić information content (AvgIpc) is 3.18. The van der Waals surface area contributed by atoms with Crippen molar-refractivity contribution in [3.8, 4) is 0 Å². The lowest BCUT2D eigenvalue weighted by molar-refractivity contribution is -0.118. The van der Waals surface area contributed by atoms with E-state index in [0.29, 0.717) is 35.7 Å². The van der Waals surface area contributed by atoms with Crippen LogP contribution in [0.3, 0.4) is 0 Å². The Labute approximate surface area is 195 Å². The van der Waals surface area contributed by atoms with Crippen molar-refractivity contribution >= 4 is 27.7 Å². The normalized spacial score (nSPS) is 17.5. The number of aliphatic hydroxyl groups excluding tert-OH is 1. The van der Waals surface area contributed by atoms with E-state index in [2.05, 4.69) is 10.6 Å². The van der Waals surface area contributed by atoms with Crippen LogP contribution in [0.2, 0.25) is 0 Å². The van der Waals surface area contributed by atoms with Gasteiger partial charge in [-0.15, -0.1) is 0 Å². The monoisotopic (exact) mass is 477 g/mol. The molecule has 0 unspecified atom stereocenters. The van der Waals surface area contributed by atoms with Crippen molar-refractivity contribution in [2.75, 3.05) is 44.3 Å². The van der Waals surface area contributed by atoms with Gasteiger partial charge in [0.1, 0.15) is 11.9 Å². The minimum Gasteiger partial charge on any atom is -0.391 e. The number of urea groups is 1. The van der Waals surface area contributed by atoms with Gasteiger partial charge in [-0.3, -0.25) is 4.79 Å². The van der Waals surface area contributed by atoms with Crippen LogP contribution < -0.4 is 10.6 Å². The van der Waals surface area contributed by atoms with Crippen LogP contribution in [0.15, 0.2) is 47.4 Å². The zero-order valence-electron chi connectivity index (χ0n) is 19.4. The number of amides is 3. The van der Waals surface area contributed by atoms with Gasteiger partial charge in [0.2, 0.25) is 0 Å². The lowest BCUT2D eigenvalue weighted by atomic mass is 10.0. The first kappa shape index (κ1) is 25.0. The van der Waals surface area contributed by atoms with Crippen LogP contribution in [0, 0.1) is 5.82 Å². The molecule has 1 heterocycles. The number of anilines is 1. The lowest BCUT2D eigenvalue weighted by Gasteiger charge is -2.27. The van der Waals surface area contributed by atoms with Gasteiger partial charge < -0.3 is 25.4 Å². The number of nitrogens with one attached hydrogen (secondary N) is 2. The number of hydrogen-bond donors (Lipinski definition) is 3. The summed E-state index contributed by atoms with van der Waals surface area (Å²) in [5.41, 5.74) is 1.82. The van der Waals surface area contributed by atoms with E-state index in [1.54, 1.807) is 31.4 Å². The SMILES string of the molecule is COCc1ccc([C@@H](NC(=O)N2CC[C@H](O)C2)C(=O)Nc2ccc(S(C)(C)C)c(F)c2)cc1. The van der Waals surface area contributed by atoms with Gasteiger partial charge in [0.05, 0.1) is 12.7 Å². The molecule has 3 amide bonds. The minimum absolute atomic E-state index is 0.217. The van der Waals surface area contributed by atoms with Crippen LogP contribution in [0.4, 0.5) is 14.9 Å². The number of halogens is 1. The predicted octanol–water partition coefficient (Wildman–Crippen LogP) is 3.48. The molecule has 0 bridgehead atoms. The van der Waals surface area contributed by atoms with Gasteiger partial charge in [0, 0.05) is 30.8 Å². The molecule has 1 saturated heterocycles. The smallest absolute Gasteiger partial charge is 0.318 e. The molecule has 180 valence electrons. The largest absolute Gasteiger partial charge is 0.391 e. The Morgan fingerprint density at radius 3 is 2.45 bits per heavy atom. The number of carbonyl (C=O) groups excluding carboxylic acids is 2. The van der Waals surface area contributed by atoms with Crippen molar-refractivity contribution in [1.29, 1.82) is 0 Å². The summed E-state index contributed by atoms with van der Waals surface area (Å²) < 4.78 is 19.8. The molecule has 0 spiro atoms. The summed E-state index contributed by atoms with van der Waals surface area (Å²) in [6, 6.07) is 10.4. The summed E-state index contributed by atoms with van der Waals surface area (Å²) in [4.78, 5) is 28.1. The number of ether oxygens (including phenoxy) is 1. The molecular weight excluding hydrogens is 445 g/mol. The van der Waals surface area contributed by atoms with Crippen molar-refractivity contribution in [1.82, 2.24) is 10.2 Å². The van der Waals surface area contributed by atoms with Crippen molar-refractivity contribution in [2.24, 2.45) is 0 Å². The first-order valence-corrected chi connectivity index (χ1v) is 13.5. The molecule has 3 rings (SSSR count). The number of β-amino-alcohol motifs (C(OH)–C–C–N with tert-alkyl or cyclic N) is 1. The van der Waals surface area contributed by atoms with Crippen molar-refractivity contribution in [3.05, 3.63) is 59.4 Å². The second kappa shape index (κ2) is 10.5. The highest BCUT2D eigenvalue weighted by Gasteiger charge is 2.29. The molecule has 1 aliphatic rings. The highest BCUT2D eigenvalue weighted by Crippen LogP contribution is 2.46. The second-order valence-corrected chi connectivity index (χ2v) is 13.0. The fourth-order valence-corrected chi connectivity index (χ4v) is 4.82. The Bertz CT molecular complexity index is 994. The summed E-state index contributed by atoms with van der Waals surface area (Å²) in [7, 11) is 0.340. The second-order valence-electron chi connectivity index (χ2n) is 8.92. The number of nitrogens with zero attached hydrogens (tertiary/aromatic N) is 1. The fraction of sp³-hybridized carbons (Fsp3) is 0.417. The molecule has 9 heteroatoms. The number of carbonyl (C=O) groups is 2. The summed E-state index contributed by atoms with van der Waals surface area (Å²) in [5, 5.41) is 15.2. The number of likely N-dealkylation sites (tertiary alicyclic amines) is 1. The quantitative estimate of drug-likeness (QED) is 0.570. The van der Waals surface area contributed by atoms with E-state index in [4.69, 9.17) is 4.74 Å². The average molecular weight is 478 g/mol. The van der Waals surface area contributed by atoms with E-state index in [0.717, 1.165) is 5.56 Å². The summed E-state index contributed by atoms with van der Waals surface area (Å²) in [5.74, 6) is -0.858. The number of hydrogen-bond acceptors (Lipinski definition) is 4. The Balaban J connectivity index is 1.82. The van der Waals surface area contributed by atoms with Crippen LogP contribution >= 0.6 is 10.0 Å². The molecule has 33 heavy (non-hydrogen) atoms. The third-order valence-corrected chi connectivity index (χ3v) is 7.11. The highest BCUT2D eigenvalue weighted by molar-refractivity contribution is 8.32. The van der Waals surface area contributed by atoms with Gasteiger partial charge in [0.25, 0.3) is 5.91 Å². The predicted molar refractivity (Wildman–Crippen MR) is 129 cm³/mol. The Hall–Kier alpha value is -2.62. The molecule has 0 aromatic heterocycles. The van der Waals surface area contributed by atoms with E-state index >= 15 is 0 Å². The maximum atomic E-state index is 14.6. The zero-order chi connectivity index (χ0) is 24.2. The third kappa shape index (κ3) is 6.46.